The van der Waals surface area contributed by atoms with E-state index in [9.17, 15) is 0 Å². The fourth-order valence-corrected chi connectivity index (χ4v) is 11.1. The zero-order valence-electron chi connectivity index (χ0n) is 44.2. The molecule has 4 saturated heterocycles. The van der Waals surface area contributed by atoms with Gasteiger partial charge in [0.05, 0.1) is 11.0 Å². The highest BCUT2D eigenvalue weighted by Gasteiger charge is 2.33. The van der Waals surface area contributed by atoms with Crippen molar-refractivity contribution in [2.75, 3.05) is 130 Å². The number of anilines is 6. The van der Waals surface area contributed by atoms with Gasteiger partial charge in [-0.25, -0.2) is 19.9 Å². The van der Waals surface area contributed by atoms with E-state index in [1.54, 1.807) is 11.1 Å². The molecule has 11 nitrogen and oxygen atoms in total. The first-order chi connectivity index (χ1) is 34.8. The van der Waals surface area contributed by atoms with Crippen LogP contribution in [0.25, 0.3) is 21.8 Å². The van der Waals surface area contributed by atoms with Crippen LogP contribution in [-0.2, 0) is 0 Å². The summed E-state index contributed by atoms with van der Waals surface area (Å²) in [6.45, 7) is 18.3. The lowest BCUT2D eigenvalue weighted by molar-refractivity contribution is 0.416. The molecule has 2 aliphatic carbocycles. The fourth-order valence-electron chi connectivity index (χ4n) is 11.1. The third-order valence-electron chi connectivity index (χ3n) is 16.2. The predicted octanol–water partition coefficient (Wildman–Crippen LogP) is 11.7. The molecule has 0 N–H and O–H groups in total. The Morgan fingerprint density at radius 1 is 0.451 bits per heavy atom. The minimum atomic E-state index is 0.552. The van der Waals surface area contributed by atoms with Gasteiger partial charge < -0.3 is 34.3 Å². The Hall–Kier alpha value is -5.68. The number of hydrogen-bond donors (Lipinski definition) is 0. The predicted molar refractivity (Wildman–Crippen MR) is 300 cm³/mol. The molecule has 6 aromatic rings. The van der Waals surface area contributed by atoms with Gasteiger partial charge in [-0.1, -0.05) is 50.2 Å². The van der Waals surface area contributed by atoms with E-state index in [0.717, 1.165) is 80.1 Å². The first-order valence-electron chi connectivity index (χ1n) is 27.7. The zero-order valence-corrected chi connectivity index (χ0v) is 44.2. The van der Waals surface area contributed by atoms with Crippen molar-refractivity contribution in [3.63, 3.8) is 0 Å². The molecule has 71 heavy (non-hydrogen) atoms. The van der Waals surface area contributed by atoms with E-state index in [4.69, 9.17) is 19.9 Å². The summed E-state index contributed by atoms with van der Waals surface area (Å²) >= 11 is 0. The van der Waals surface area contributed by atoms with Crippen molar-refractivity contribution in [1.82, 2.24) is 24.8 Å². The Balaban J connectivity index is 0.000000159. The first-order valence-corrected chi connectivity index (χ1v) is 27.7. The molecule has 6 heterocycles. The van der Waals surface area contributed by atoms with Gasteiger partial charge in [0.2, 0.25) is 0 Å². The maximum atomic E-state index is 5.21. The molecule has 11 heteroatoms. The topological polar surface area (TPSA) is 74.2 Å². The first kappa shape index (κ1) is 48.9. The van der Waals surface area contributed by atoms with E-state index in [1.807, 2.05) is 13.8 Å². The number of fused-ring (bicyclic) bond motifs is 2. The summed E-state index contributed by atoms with van der Waals surface area (Å²) in [5.74, 6) is 6.79. The van der Waals surface area contributed by atoms with Crippen LogP contribution in [0.4, 0.5) is 34.4 Å². The Bertz CT molecular complexity index is 2720. The van der Waals surface area contributed by atoms with Crippen LogP contribution in [0.1, 0.15) is 131 Å². The standard InChI is InChI=1S/C30H40N6.C28H35N5.C2H6/c1-33(2)19-20-34(3)24-11-12-27-26(21-24)30(32-29(31-27)23-9-10-23)36-17-13-22(14-18-36)25-7-4-5-8-28(25)35-15-6-16-35;1-3-31(2)22-11-12-25-24(19-22)28(30-27(29-25)21-9-10-21)33-17-13-20(14-18-33)23-7-4-5-8-26(23)32-15-6-16-32;1-2/h4-5,7-8,11-12,21-23H,6,9-10,13-20H2,1-3H3;4-5,7-8,11-12,19-21H,3,6,9-10,13-18H2,1-2H3;1-2H3. The molecule has 0 spiro atoms. The maximum absolute atomic E-state index is 5.21. The quantitative estimate of drug-likeness (QED) is 0.105. The van der Waals surface area contributed by atoms with Gasteiger partial charge in [-0.15, -0.1) is 0 Å². The van der Waals surface area contributed by atoms with Crippen LogP contribution in [0.15, 0.2) is 84.9 Å². The van der Waals surface area contributed by atoms with Crippen LogP contribution in [-0.4, -0.2) is 125 Å². The molecular weight excluding hydrogens is 875 g/mol. The number of likely N-dealkylation sites (N-methyl/N-ethyl adjacent to an activating group) is 2. The Morgan fingerprint density at radius 3 is 1.25 bits per heavy atom. The molecule has 376 valence electrons. The minimum Gasteiger partial charge on any atom is -0.375 e. The largest absolute Gasteiger partial charge is 0.375 e. The van der Waals surface area contributed by atoms with Gasteiger partial charge in [0, 0.05) is 131 Å². The lowest BCUT2D eigenvalue weighted by Gasteiger charge is -2.39. The fraction of sp³-hybridized carbons (Fsp3) is 0.533. The summed E-state index contributed by atoms with van der Waals surface area (Å²) in [6, 6.07) is 31.7. The van der Waals surface area contributed by atoms with Crippen molar-refractivity contribution in [1.29, 1.82) is 0 Å². The molecule has 12 rings (SSSR count). The lowest BCUT2D eigenvalue weighted by Crippen LogP contribution is -2.39. The van der Waals surface area contributed by atoms with E-state index in [1.165, 1.54) is 124 Å². The molecule has 4 aromatic carbocycles. The van der Waals surface area contributed by atoms with E-state index in [0.29, 0.717) is 23.7 Å². The van der Waals surface area contributed by atoms with E-state index < -0.39 is 0 Å². The van der Waals surface area contributed by atoms with Crippen molar-refractivity contribution in [3.05, 3.63) is 108 Å². The normalized spacial score (nSPS) is 18.4. The number of hydrogen-bond acceptors (Lipinski definition) is 11. The van der Waals surface area contributed by atoms with Gasteiger partial charge in [-0.2, -0.15) is 0 Å². The van der Waals surface area contributed by atoms with Gasteiger partial charge in [0.25, 0.3) is 0 Å². The highest BCUT2D eigenvalue weighted by Crippen LogP contribution is 2.44. The summed E-state index contributed by atoms with van der Waals surface area (Å²) in [5.41, 5.74) is 10.7. The average molecular weight is 956 g/mol. The minimum absolute atomic E-state index is 0.552. The number of para-hydroxylation sites is 2. The van der Waals surface area contributed by atoms with Gasteiger partial charge >= 0.3 is 0 Å². The van der Waals surface area contributed by atoms with E-state index in [-0.39, 0.29) is 0 Å². The second kappa shape index (κ2) is 22.0. The molecular formula is C60H81N11. The van der Waals surface area contributed by atoms with Gasteiger partial charge in [-0.3, -0.25) is 0 Å². The number of piperidine rings is 2. The van der Waals surface area contributed by atoms with Gasteiger partial charge in [-0.05, 0) is 157 Å². The van der Waals surface area contributed by atoms with Crippen LogP contribution in [0, 0.1) is 0 Å². The van der Waals surface area contributed by atoms with Gasteiger partial charge in [0.1, 0.15) is 23.3 Å². The summed E-state index contributed by atoms with van der Waals surface area (Å²) in [6.07, 6.45) is 12.3. The van der Waals surface area contributed by atoms with Crippen molar-refractivity contribution in [3.8, 4) is 0 Å². The third-order valence-corrected chi connectivity index (χ3v) is 16.2. The van der Waals surface area contributed by atoms with Crippen molar-refractivity contribution >= 4 is 56.2 Å². The van der Waals surface area contributed by atoms with E-state index in [2.05, 4.69) is 154 Å². The molecule has 0 unspecified atom stereocenters. The van der Waals surface area contributed by atoms with Crippen LogP contribution >= 0.6 is 0 Å². The summed E-state index contributed by atoms with van der Waals surface area (Å²) in [5, 5.41) is 2.41. The lowest BCUT2D eigenvalue weighted by atomic mass is 9.87. The highest BCUT2D eigenvalue weighted by atomic mass is 15.2. The number of rotatable bonds is 14. The third kappa shape index (κ3) is 10.9. The smallest absolute Gasteiger partial charge is 0.140 e. The zero-order chi connectivity index (χ0) is 49.0. The number of nitrogens with zero attached hydrogens (tertiary/aromatic N) is 11. The highest BCUT2D eigenvalue weighted by molar-refractivity contribution is 5.93. The van der Waals surface area contributed by atoms with Crippen molar-refractivity contribution in [2.24, 2.45) is 0 Å². The molecule has 0 bridgehead atoms. The summed E-state index contributed by atoms with van der Waals surface area (Å²) < 4.78 is 0. The molecule has 2 aromatic heterocycles. The van der Waals surface area contributed by atoms with Crippen molar-refractivity contribution in [2.45, 2.75) is 109 Å². The summed E-state index contributed by atoms with van der Waals surface area (Å²) in [7, 11) is 8.60. The molecule has 6 fully saturated rings. The van der Waals surface area contributed by atoms with Crippen LogP contribution in [0.3, 0.4) is 0 Å². The SMILES string of the molecule is CC.CCN(C)c1ccc2nc(C3CC3)nc(N3CCC(c4ccccc4N4CCC4)CC3)c2c1.CN(C)CCN(C)c1ccc2nc(C3CC3)nc(N3CCC(c4ccccc4N4CCC4)CC3)c2c1. The number of benzene rings is 4. The van der Waals surface area contributed by atoms with Gasteiger partial charge in [0.15, 0.2) is 0 Å². The van der Waals surface area contributed by atoms with E-state index >= 15 is 0 Å². The Kier molecular flexibility index (Phi) is 15.1. The van der Waals surface area contributed by atoms with Crippen LogP contribution in [0.5, 0.6) is 0 Å². The summed E-state index contributed by atoms with van der Waals surface area (Å²) in [4.78, 5) is 37.4. The average Bonchev–Trinajstić information content (AvgIpc) is 4.33. The second-order valence-electron chi connectivity index (χ2n) is 21.3. The molecule has 0 radical (unpaired) electrons. The molecule has 2 saturated carbocycles. The molecule has 0 amide bonds. The molecule has 4 aliphatic heterocycles. The molecule has 6 aliphatic rings. The number of aromatic nitrogens is 4. The van der Waals surface area contributed by atoms with Crippen LogP contribution in [0.2, 0.25) is 0 Å². The van der Waals surface area contributed by atoms with Crippen LogP contribution < -0.4 is 29.4 Å². The van der Waals surface area contributed by atoms with Crippen molar-refractivity contribution < 1.29 is 0 Å². The molecule has 0 atom stereocenters. The maximum Gasteiger partial charge on any atom is 0.140 e. The Morgan fingerprint density at radius 2 is 0.873 bits per heavy atom. The second-order valence-corrected chi connectivity index (χ2v) is 21.3. The monoisotopic (exact) mass is 956 g/mol. The Labute approximate surface area is 425 Å².